The molecule has 118 valence electrons. The largest absolute Gasteiger partial charge is 0.289 e. The average molecular weight is 311 g/mol. The Morgan fingerprint density at radius 3 is 2.39 bits per heavy atom. The van der Waals surface area contributed by atoms with Gasteiger partial charge in [-0.2, -0.15) is 0 Å². The summed E-state index contributed by atoms with van der Waals surface area (Å²) in [7, 11) is 0. The number of fused-ring (bicyclic) bond motifs is 2. The third kappa shape index (κ3) is 2.93. The maximum atomic E-state index is 13.5. The van der Waals surface area contributed by atoms with Gasteiger partial charge in [0.25, 0.3) is 0 Å². The third-order valence-corrected chi connectivity index (χ3v) is 4.98. The lowest BCUT2D eigenvalue weighted by Crippen LogP contribution is -2.37. The Bertz CT molecular complexity index is 718. The van der Waals surface area contributed by atoms with E-state index in [0.29, 0.717) is 17.6 Å². The predicted molar refractivity (Wildman–Crippen MR) is 87.7 cm³/mol. The molecule has 2 atom stereocenters. The summed E-state index contributed by atoms with van der Waals surface area (Å²) in [5.74, 6) is -1.00. The molecule has 0 aliphatic carbocycles. The van der Waals surface area contributed by atoms with Crippen molar-refractivity contribution in [1.29, 1.82) is 0 Å². The van der Waals surface area contributed by atoms with Gasteiger partial charge in [-0.25, -0.2) is 8.78 Å². The molecule has 1 fully saturated rings. The molecule has 3 heteroatoms. The standard InChI is InChI=1S/C20H19F2N/c21-17-8-15(9-18(22)12-17)16-10-19-6-7-20(11-16)23(19)13-14-4-2-1-3-5-14/h1-5,8-10,12,19-20H,6-7,11,13H2. The van der Waals surface area contributed by atoms with Crippen LogP contribution in [0.2, 0.25) is 0 Å². The van der Waals surface area contributed by atoms with Crippen LogP contribution in [0.4, 0.5) is 8.78 Å². The minimum Gasteiger partial charge on any atom is -0.289 e. The van der Waals surface area contributed by atoms with Crippen molar-refractivity contribution in [2.45, 2.75) is 37.9 Å². The van der Waals surface area contributed by atoms with Crippen LogP contribution >= 0.6 is 0 Å². The van der Waals surface area contributed by atoms with Gasteiger partial charge in [0, 0.05) is 24.7 Å². The van der Waals surface area contributed by atoms with E-state index < -0.39 is 11.6 Å². The summed E-state index contributed by atoms with van der Waals surface area (Å²) >= 11 is 0. The highest BCUT2D eigenvalue weighted by atomic mass is 19.1. The van der Waals surface area contributed by atoms with Gasteiger partial charge in [-0.05, 0) is 48.1 Å². The second kappa shape index (κ2) is 5.89. The van der Waals surface area contributed by atoms with Gasteiger partial charge in [0.05, 0.1) is 0 Å². The van der Waals surface area contributed by atoms with Crippen molar-refractivity contribution in [1.82, 2.24) is 4.90 Å². The van der Waals surface area contributed by atoms with Crippen molar-refractivity contribution in [3.8, 4) is 0 Å². The highest BCUT2D eigenvalue weighted by Crippen LogP contribution is 2.39. The first-order valence-electron chi connectivity index (χ1n) is 8.16. The van der Waals surface area contributed by atoms with Crippen LogP contribution < -0.4 is 0 Å². The fourth-order valence-electron chi connectivity index (χ4n) is 3.91. The zero-order valence-corrected chi connectivity index (χ0v) is 12.9. The van der Waals surface area contributed by atoms with Crippen molar-refractivity contribution in [3.05, 3.63) is 77.4 Å². The molecule has 2 aromatic carbocycles. The van der Waals surface area contributed by atoms with E-state index in [1.54, 1.807) is 0 Å². The molecule has 2 aliphatic heterocycles. The van der Waals surface area contributed by atoms with Crippen LogP contribution in [-0.2, 0) is 6.54 Å². The minimum atomic E-state index is -0.500. The molecule has 4 rings (SSSR count). The lowest BCUT2D eigenvalue weighted by molar-refractivity contribution is 0.203. The van der Waals surface area contributed by atoms with E-state index >= 15 is 0 Å². The zero-order valence-electron chi connectivity index (χ0n) is 12.9. The fourth-order valence-corrected chi connectivity index (χ4v) is 3.91. The van der Waals surface area contributed by atoms with Gasteiger partial charge < -0.3 is 0 Å². The highest BCUT2D eigenvalue weighted by molar-refractivity contribution is 5.68. The molecule has 23 heavy (non-hydrogen) atoms. The summed E-state index contributed by atoms with van der Waals surface area (Å²) in [6.07, 6.45) is 5.35. The van der Waals surface area contributed by atoms with Gasteiger partial charge in [0.2, 0.25) is 0 Å². The van der Waals surface area contributed by atoms with E-state index in [0.717, 1.165) is 37.4 Å². The molecule has 2 aliphatic rings. The summed E-state index contributed by atoms with van der Waals surface area (Å²) < 4.78 is 27.0. The molecule has 0 radical (unpaired) electrons. The van der Waals surface area contributed by atoms with E-state index in [1.807, 2.05) is 6.07 Å². The van der Waals surface area contributed by atoms with Crippen molar-refractivity contribution < 1.29 is 8.78 Å². The molecule has 2 aromatic rings. The third-order valence-electron chi connectivity index (χ3n) is 4.98. The minimum absolute atomic E-state index is 0.371. The molecule has 1 saturated heterocycles. The first kappa shape index (κ1) is 14.6. The lowest BCUT2D eigenvalue weighted by atomic mass is 9.94. The van der Waals surface area contributed by atoms with Crippen molar-refractivity contribution in [2.24, 2.45) is 0 Å². The normalized spacial score (nSPS) is 23.8. The Labute approximate surface area is 135 Å². The molecule has 2 unspecified atom stereocenters. The molecule has 2 heterocycles. The van der Waals surface area contributed by atoms with Crippen LogP contribution in [0.5, 0.6) is 0 Å². The van der Waals surface area contributed by atoms with Crippen LogP contribution in [-0.4, -0.2) is 17.0 Å². The molecular weight excluding hydrogens is 292 g/mol. The SMILES string of the molecule is Fc1cc(F)cc(C2=CC3CCC(C2)N3Cc2ccccc2)c1. The molecule has 0 amide bonds. The van der Waals surface area contributed by atoms with Gasteiger partial charge in [-0.15, -0.1) is 0 Å². The van der Waals surface area contributed by atoms with Crippen molar-refractivity contribution in [3.63, 3.8) is 0 Å². The number of halogens is 2. The van der Waals surface area contributed by atoms with E-state index in [2.05, 4.69) is 35.2 Å². The Hall–Kier alpha value is -2.00. The van der Waals surface area contributed by atoms with Gasteiger partial charge in [-0.1, -0.05) is 36.4 Å². The first-order valence-corrected chi connectivity index (χ1v) is 8.16. The van der Waals surface area contributed by atoms with Crippen LogP contribution in [0.1, 0.15) is 30.4 Å². The van der Waals surface area contributed by atoms with Gasteiger partial charge in [-0.3, -0.25) is 4.90 Å². The molecule has 0 N–H and O–H groups in total. The van der Waals surface area contributed by atoms with E-state index in [9.17, 15) is 8.78 Å². The smallest absolute Gasteiger partial charge is 0.126 e. The first-order chi connectivity index (χ1) is 11.2. The second-order valence-corrected chi connectivity index (χ2v) is 6.51. The molecule has 0 saturated carbocycles. The zero-order chi connectivity index (χ0) is 15.8. The van der Waals surface area contributed by atoms with E-state index in [1.165, 1.54) is 17.7 Å². The van der Waals surface area contributed by atoms with Crippen LogP contribution in [0.3, 0.4) is 0 Å². The monoisotopic (exact) mass is 311 g/mol. The maximum Gasteiger partial charge on any atom is 0.126 e. The Balaban J connectivity index is 1.59. The Kier molecular flexibility index (Phi) is 3.74. The molecule has 0 spiro atoms. The van der Waals surface area contributed by atoms with Crippen molar-refractivity contribution in [2.75, 3.05) is 0 Å². The fraction of sp³-hybridized carbons (Fsp3) is 0.300. The summed E-state index contributed by atoms with van der Waals surface area (Å²) in [5.41, 5.74) is 3.09. The number of hydrogen-bond donors (Lipinski definition) is 0. The number of nitrogens with zero attached hydrogens (tertiary/aromatic N) is 1. The van der Waals surface area contributed by atoms with Crippen molar-refractivity contribution >= 4 is 5.57 Å². The number of hydrogen-bond acceptors (Lipinski definition) is 1. The van der Waals surface area contributed by atoms with Crippen LogP contribution in [0.15, 0.2) is 54.6 Å². The van der Waals surface area contributed by atoms with E-state index in [4.69, 9.17) is 0 Å². The lowest BCUT2D eigenvalue weighted by Gasteiger charge is -2.34. The van der Waals surface area contributed by atoms with E-state index in [-0.39, 0.29) is 0 Å². The summed E-state index contributed by atoms with van der Waals surface area (Å²) in [5, 5.41) is 0. The number of rotatable bonds is 3. The average Bonchev–Trinajstić information content (AvgIpc) is 2.77. The molecule has 1 nitrogen and oxygen atoms in total. The molecule has 0 aromatic heterocycles. The topological polar surface area (TPSA) is 3.24 Å². The van der Waals surface area contributed by atoms with Crippen LogP contribution in [0, 0.1) is 11.6 Å². The Morgan fingerprint density at radius 1 is 0.957 bits per heavy atom. The number of benzene rings is 2. The highest BCUT2D eigenvalue weighted by Gasteiger charge is 2.36. The Morgan fingerprint density at radius 2 is 1.70 bits per heavy atom. The predicted octanol–water partition coefficient (Wildman–Crippen LogP) is 4.79. The van der Waals surface area contributed by atoms with Gasteiger partial charge in [0.15, 0.2) is 0 Å². The summed E-state index contributed by atoms with van der Waals surface area (Å²) in [6, 6.07) is 15.1. The molecule has 2 bridgehead atoms. The second-order valence-electron chi connectivity index (χ2n) is 6.51. The van der Waals surface area contributed by atoms with Gasteiger partial charge in [0.1, 0.15) is 11.6 Å². The maximum absolute atomic E-state index is 13.5. The molecular formula is C20H19F2N. The summed E-state index contributed by atoms with van der Waals surface area (Å²) in [6.45, 7) is 0.942. The quantitative estimate of drug-likeness (QED) is 0.788. The summed E-state index contributed by atoms with van der Waals surface area (Å²) in [4.78, 5) is 2.52. The van der Waals surface area contributed by atoms with Crippen LogP contribution in [0.25, 0.3) is 5.57 Å². The van der Waals surface area contributed by atoms with Gasteiger partial charge >= 0.3 is 0 Å².